The number of halogens is 1. The SMILES string of the molecule is O=C(NCc1ccccc1)c1ccc(N2CCN(c3ccccc3F)CC2)nn1. The third-order valence-corrected chi connectivity index (χ3v) is 4.98. The van der Waals surface area contributed by atoms with Crippen LogP contribution in [0.25, 0.3) is 0 Å². The Morgan fingerprint density at radius 2 is 1.55 bits per heavy atom. The summed E-state index contributed by atoms with van der Waals surface area (Å²) in [7, 11) is 0. The fourth-order valence-corrected chi connectivity index (χ4v) is 3.37. The van der Waals surface area contributed by atoms with Crippen molar-refractivity contribution >= 4 is 17.4 Å². The fourth-order valence-electron chi connectivity index (χ4n) is 3.37. The number of anilines is 2. The molecule has 1 N–H and O–H groups in total. The zero-order chi connectivity index (χ0) is 20.1. The molecule has 0 atom stereocenters. The molecule has 0 unspecified atom stereocenters. The van der Waals surface area contributed by atoms with E-state index in [-0.39, 0.29) is 17.4 Å². The van der Waals surface area contributed by atoms with Gasteiger partial charge in [-0.2, -0.15) is 0 Å². The Morgan fingerprint density at radius 3 is 2.24 bits per heavy atom. The molecule has 3 aromatic rings. The van der Waals surface area contributed by atoms with Crippen LogP contribution in [-0.4, -0.2) is 42.3 Å². The number of aromatic nitrogens is 2. The van der Waals surface area contributed by atoms with Gasteiger partial charge in [-0.25, -0.2) is 4.39 Å². The van der Waals surface area contributed by atoms with Crippen molar-refractivity contribution in [1.29, 1.82) is 0 Å². The topological polar surface area (TPSA) is 61.4 Å². The molecule has 7 heteroatoms. The molecule has 6 nitrogen and oxygen atoms in total. The van der Waals surface area contributed by atoms with Crippen molar-refractivity contribution in [2.24, 2.45) is 0 Å². The van der Waals surface area contributed by atoms with Crippen molar-refractivity contribution in [3.63, 3.8) is 0 Å². The summed E-state index contributed by atoms with van der Waals surface area (Å²) in [6.07, 6.45) is 0. The summed E-state index contributed by atoms with van der Waals surface area (Å²) in [4.78, 5) is 16.4. The molecule has 1 aliphatic heterocycles. The Hall–Kier alpha value is -3.48. The highest BCUT2D eigenvalue weighted by Gasteiger charge is 2.20. The van der Waals surface area contributed by atoms with Crippen molar-refractivity contribution in [3.05, 3.63) is 83.8 Å². The van der Waals surface area contributed by atoms with Gasteiger partial charge < -0.3 is 15.1 Å². The maximum atomic E-state index is 14.0. The number of carbonyl (C=O) groups is 1. The number of rotatable bonds is 5. The van der Waals surface area contributed by atoms with Gasteiger partial charge in [-0.1, -0.05) is 42.5 Å². The molecular weight excluding hydrogens is 369 g/mol. The summed E-state index contributed by atoms with van der Waals surface area (Å²) in [5.41, 5.74) is 1.94. The molecular formula is C22H22FN5O. The van der Waals surface area contributed by atoms with Gasteiger partial charge in [0, 0.05) is 32.7 Å². The highest BCUT2D eigenvalue weighted by Crippen LogP contribution is 2.21. The van der Waals surface area contributed by atoms with Gasteiger partial charge in [0.05, 0.1) is 5.69 Å². The van der Waals surface area contributed by atoms with Gasteiger partial charge in [-0.3, -0.25) is 4.79 Å². The minimum atomic E-state index is -0.253. The van der Waals surface area contributed by atoms with Gasteiger partial charge in [-0.05, 0) is 29.8 Å². The van der Waals surface area contributed by atoms with Crippen molar-refractivity contribution in [2.45, 2.75) is 6.54 Å². The summed E-state index contributed by atoms with van der Waals surface area (Å²) in [6.45, 7) is 3.26. The zero-order valence-corrected chi connectivity index (χ0v) is 16.0. The molecule has 1 aliphatic rings. The minimum absolute atomic E-state index is 0.202. The van der Waals surface area contributed by atoms with Crippen LogP contribution < -0.4 is 15.1 Å². The zero-order valence-electron chi connectivity index (χ0n) is 16.0. The number of benzene rings is 2. The first kappa shape index (κ1) is 18.9. The molecule has 0 radical (unpaired) electrons. The number of para-hydroxylation sites is 1. The number of nitrogens with zero attached hydrogens (tertiary/aromatic N) is 4. The van der Waals surface area contributed by atoms with Crippen LogP contribution in [0.2, 0.25) is 0 Å². The lowest BCUT2D eigenvalue weighted by Gasteiger charge is -2.36. The second-order valence-corrected chi connectivity index (χ2v) is 6.87. The van der Waals surface area contributed by atoms with Gasteiger partial charge in [0.1, 0.15) is 5.82 Å². The van der Waals surface area contributed by atoms with E-state index in [1.807, 2.05) is 47.4 Å². The Labute approximate surface area is 169 Å². The Bertz CT molecular complexity index is 956. The summed E-state index contributed by atoms with van der Waals surface area (Å²) in [6, 6.07) is 20.0. The van der Waals surface area contributed by atoms with Crippen LogP contribution in [0.1, 0.15) is 16.1 Å². The van der Waals surface area contributed by atoms with E-state index in [1.54, 1.807) is 18.2 Å². The first-order chi connectivity index (χ1) is 14.2. The molecule has 0 bridgehead atoms. The van der Waals surface area contributed by atoms with E-state index in [2.05, 4.69) is 20.4 Å². The van der Waals surface area contributed by atoms with E-state index in [1.165, 1.54) is 6.07 Å². The second-order valence-electron chi connectivity index (χ2n) is 6.87. The quantitative estimate of drug-likeness (QED) is 0.725. The molecule has 1 saturated heterocycles. The first-order valence-electron chi connectivity index (χ1n) is 9.61. The van der Waals surface area contributed by atoms with Crippen LogP contribution in [0.4, 0.5) is 15.9 Å². The van der Waals surface area contributed by atoms with E-state index >= 15 is 0 Å². The van der Waals surface area contributed by atoms with Crippen LogP contribution in [-0.2, 0) is 6.54 Å². The normalized spacial score (nSPS) is 14.0. The van der Waals surface area contributed by atoms with E-state index in [9.17, 15) is 9.18 Å². The van der Waals surface area contributed by atoms with Crippen molar-refractivity contribution in [1.82, 2.24) is 15.5 Å². The molecule has 0 aliphatic carbocycles. The fraction of sp³-hybridized carbons (Fsp3) is 0.227. The maximum absolute atomic E-state index is 14.0. The standard InChI is InChI=1S/C22H22FN5O/c23-18-8-4-5-9-20(18)27-12-14-28(15-13-27)21-11-10-19(25-26-21)22(29)24-16-17-6-2-1-3-7-17/h1-11H,12-16H2,(H,24,29). The summed E-state index contributed by atoms with van der Waals surface area (Å²) >= 11 is 0. The molecule has 2 heterocycles. The Morgan fingerprint density at radius 1 is 0.862 bits per heavy atom. The number of carbonyl (C=O) groups excluding carboxylic acids is 1. The van der Waals surface area contributed by atoms with Gasteiger partial charge in [0.25, 0.3) is 5.91 Å². The lowest BCUT2D eigenvalue weighted by Crippen LogP contribution is -2.47. The lowest BCUT2D eigenvalue weighted by atomic mass is 10.2. The minimum Gasteiger partial charge on any atom is -0.366 e. The molecule has 1 fully saturated rings. The predicted molar refractivity (Wildman–Crippen MR) is 110 cm³/mol. The second kappa shape index (κ2) is 8.68. The van der Waals surface area contributed by atoms with E-state index < -0.39 is 0 Å². The first-order valence-corrected chi connectivity index (χ1v) is 9.61. The van der Waals surface area contributed by atoms with Crippen LogP contribution >= 0.6 is 0 Å². The molecule has 29 heavy (non-hydrogen) atoms. The Balaban J connectivity index is 1.32. The average molecular weight is 391 g/mol. The number of piperazine rings is 1. The third kappa shape index (κ3) is 4.51. The van der Waals surface area contributed by atoms with Crippen LogP contribution in [0, 0.1) is 5.82 Å². The molecule has 148 valence electrons. The van der Waals surface area contributed by atoms with Gasteiger partial charge >= 0.3 is 0 Å². The van der Waals surface area contributed by atoms with Crippen LogP contribution in [0.5, 0.6) is 0 Å². The smallest absolute Gasteiger partial charge is 0.272 e. The maximum Gasteiger partial charge on any atom is 0.272 e. The van der Waals surface area contributed by atoms with Crippen LogP contribution in [0.3, 0.4) is 0 Å². The van der Waals surface area contributed by atoms with Crippen LogP contribution in [0.15, 0.2) is 66.7 Å². The van der Waals surface area contributed by atoms with Gasteiger partial charge in [0.2, 0.25) is 0 Å². The Kier molecular flexibility index (Phi) is 5.65. The molecule has 4 rings (SSSR count). The third-order valence-electron chi connectivity index (χ3n) is 4.98. The lowest BCUT2D eigenvalue weighted by molar-refractivity contribution is 0.0945. The molecule has 0 saturated carbocycles. The average Bonchev–Trinajstić information content (AvgIpc) is 2.79. The van der Waals surface area contributed by atoms with Crippen molar-refractivity contribution in [3.8, 4) is 0 Å². The summed E-state index contributed by atoms with van der Waals surface area (Å²) in [5.74, 6) is 0.265. The van der Waals surface area contributed by atoms with E-state index in [4.69, 9.17) is 0 Å². The van der Waals surface area contributed by atoms with E-state index in [0.717, 1.165) is 11.4 Å². The van der Waals surface area contributed by atoms with Gasteiger partial charge in [-0.15, -0.1) is 10.2 Å². The van der Waals surface area contributed by atoms with Crippen molar-refractivity contribution in [2.75, 3.05) is 36.0 Å². The molecule has 2 aromatic carbocycles. The highest BCUT2D eigenvalue weighted by molar-refractivity contribution is 5.92. The summed E-state index contributed by atoms with van der Waals surface area (Å²) < 4.78 is 14.0. The monoisotopic (exact) mass is 391 g/mol. The largest absolute Gasteiger partial charge is 0.366 e. The molecule has 1 amide bonds. The highest BCUT2D eigenvalue weighted by atomic mass is 19.1. The molecule has 1 aromatic heterocycles. The predicted octanol–water partition coefficient (Wildman–Crippen LogP) is 2.87. The molecule has 0 spiro atoms. The number of nitrogens with one attached hydrogen (secondary N) is 1. The number of amides is 1. The summed E-state index contributed by atoms with van der Waals surface area (Å²) in [5, 5.41) is 11.1. The number of hydrogen-bond acceptors (Lipinski definition) is 5. The van der Waals surface area contributed by atoms with E-state index in [0.29, 0.717) is 38.4 Å². The number of hydrogen-bond donors (Lipinski definition) is 1. The van der Waals surface area contributed by atoms with Gasteiger partial charge in [0.15, 0.2) is 11.5 Å². The van der Waals surface area contributed by atoms with Crippen molar-refractivity contribution < 1.29 is 9.18 Å².